The van der Waals surface area contributed by atoms with Gasteiger partial charge in [0.25, 0.3) is 0 Å². The predicted molar refractivity (Wildman–Crippen MR) is 69.3 cm³/mol. The zero-order valence-corrected chi connectivity index (χ0v) is 10.8. The van der Waals surface area contributed by atoms with Gasteiger partial charge in [-0.2, -0.15) is 0 Å². The molecule has 1 aromatic rings. The Morgan fingerprint density at radius 1 is 1.35 bits per heavy atom. The molecule has 0 aromatic heterocycles. The van der Waals surface area contributed by atoms with Crippen LogP contribution in [-0.2, 0) is 6.54 Å². The van der Waals surface area contributed by atoms with Gasteiger partial charge in [0, 0.05) is 18.2 Å². The third kappa shape index (κ3) is 3.53. The van der Waals surface area contributed by atoms with Crippen LogP contribution >= 0.6 is 0 Å². The van der Waals surface area contributed by atoms with E-state index in [1.54, 1.807) is 6.07 Å². The molecule has 94 valence electrons. The van der Waals surface area contributed by atoms with Crippen LogP contribution in [0.4, 0.5) is 4.39 Å². The Morgan fingerprint density at radius 2 is 2.12 bits per heavy atom. The molecule has 1 aliphatic carbocycles. The van der Waals surface area contributed by atoms with Gasteiger partial charge >= 0.3 is 0 Å². The first-order valence-electron chi connectivity index (χ1n) is 6.54. The van der Waals surface area contributed by atoms with Gasteiger partial charge < -0.3 is 5.32 Å². The zero-order chi connectivity index (χ0) is 12.3. The molecule has 1 unspecified atom stereocenters. The van der Waals surface area contributed by atoms with Gasteiger partial charge in [-0.15, -0.1) is 0 Å². The standard InChI is InChI=1S/C15H22FN/c1-15(2)9-5-7-13(10-15)17-11-12-6-3-4-8-14(12)16/h3-4,6,8,13,17H,5,7,9-11H2,1-2H3. The highest BCUT2D eigenvalue weighted by molar-refractivity contribution is 5.17. The molecule has 17 heavy (non-hydrogen) atoms. The fourth-order valence-corrected chi connectivity index (χ4v) is 2.77. The molecule has 0 spiro atoms. The maximum atomic E-state index is 13.5. The lowest BCUT2D eigenvalue weighted by molar-refractivity contribution is 0.197. The molecule has 0 radical (unpaired) electrons. The molecule has 0 bridgehead atoms. The molecule has 1 saturated carbocycles. The van der Waals surface area contributed by atoms with Crippen molar-refractivity contribution in [1.29, 1.82) is 0 Å². The summed E-state index contributed by atoms with van der Waals surface area (Å²) in [5, 5.41) is 3.49. The molecule has 1 fully saturated rings. The lowest BCUT2D eigenvalue weighted by Crippen LogP contribution is -2.37. The second kappa shape index (κ2) is 5.18. The summed E-state index contributed by atoms with van der Waals surface area (Å²) >= 11 is 0. The van der Waals surface area contributed by atoms with E-state index >= 15 is 0 Å². The van der Waals surface area contributed by atoms with Crippen molar-refractivity contribution in [2.24, 2.45) is 5.41 Å². The Labute approximate surface area is 103 Å². The molecular formula is C15H22FN. The normalized spacial score (nSPS) is 23.6. The molecule has 1 aromatic carbocycles. The van der Waals surface area contributed by atoms with Crippen LogP contribution in [-0.4, -0.2) is 6.04 Å². The van der Waals surface area contributed by atoms with Crippen molar-refractivity contribution in [1.82, 2.24) is 5.32 Å². The van der Waals surface area contributed by atoms with E-state index in [-0.39, 0.29) is 5.82 Å². The van der Waals surface area contributed by atoms with E-state index in [1.165, 1.54) is 31.7 Å². The Hall–Kier alpha value is -0.890. The smallest absolute Gasteiger partial charge is 0.127 e. The highest BCUT2D eigenvalue weighted by Gasteiger charge is 2.27. The number of halogens is 1. The summed E-state index contributed by atoms with van der Waals surface area (Å²) in [4.78, 5) is 0. The second-order valence-corrected chi connectivity index (χ2v) is 5.93. The summed E-state index contributed by atoms with van der Waals surface area (Å²) in [5.74, 6) is -0.102. The number of benzene rings is 1. The monoisotopic (exact) mass is 235 g/mol. The van der Waals surface area contributed by atoms with E-state index in [2.05, 4.69) is 19.2 Å². The maximum Gasteiger partial charge on any atom is 0.127 e. The molecule has 0 amide bonds. The van der Waals surface area contributed by atoms with E-state index in [9.17, 15) is 4.39 Å². The van der Waals surface area contributed by atoms with Crippen LogP contribution in [0.5, 0.6) is 0 Å². The Balaban J connectivity index is 1.88. The van der Waals surface area contributed by atoms with Gasteiger partial charge in [0.15, 0.2) is 0 Å². The van der Waals surface area contributed by atoms with E-state index < -0.39 is 0 Å². The zero-order valence-electron chi connectivity index (χ0n) is 10.8. The van der Waals surface area contributed by atoms with Crippen molar-refractivity contribution in [3.05, 3.63) is 35.6 Å². The molecule has 1 aliphatic rings. The number of nitrogens with one attached hydrogen (secondary N) is 1. The van der Waals surface area contributed by atoms with Crippen molar-refractivity contribution in [2.45, 2.75) is 52.1 Å². The van der Waals surface area contributed by atoms with Crippen LogP contribution < -0.4 is 5.32 Å². The van der Waals surface area contributed by atoms with E-state index in [0.717, 1.165) is 5.56 Å². The van der Waals surface area contributed by atoms with Crippen LogP contribution in [0.3, 0.4) is 0 Å². The van der Waals surface area contributed by atoms with Gasteiger partial charge in [-0.25, -0.2) is 4.39 Å². The van der Waals surface area contributed by atoms with Gasteiger partial charge in [0.2, 0.25) is 0 Å². The van der Waals surface area contributed by atoms with Gasteiger partial charge in [0.1, 0.15) is 5.82 Å². The fraction of sp³-hybridized carbons (Fsp3) is 0.600. The molecule has 0 heterocycles. The van der Waals surface area contributed by atoms with Crippen LogP contribution in [0, 0.1) is 11.2 Å². The van der Waals surface area contributed by atoms with Crippen molar-refractivity contribution in [3.63, 3.8) is 0 Å². The number of hydrogen-bond donors (Lipinski definition) is 1. The highest BCUT2D eigenvalue weighted by atomic mass is 19.1. The lowest BCUT2D eigenvalue weighted by atomic mass is 9.75. The molecule has 0 aliphatic heterocycles. The van der Waals surface area contributed by atoms with Crippen LogP contribution in [0.2, 0.25) is 0 Å². The maximum absolute atomic E-state index is 13.5. The van der Waals surface area contributed by atoms with Crippen LogP contribution in [0.1, 0.15) is 45.1 Å². The average molecular weight is 235 g/mol. The molecule has 1 nitrogen and oxygen atoms in total. The minimum absolute atomic E-state index is 0.102. The van der Waals surface area contributed by atoms with Crippen molar-refractivity contribution in [2.75, 3.05) is 0 Å². The molecular weight excluding hydrogens is 213 g/mol. The van der Waals surface area contributed by atoms with Crippen molar-refractivity contribution >= 4 is 0 Å². The third-order valence-corrected chi connectivity index (χ3v) is 3.74. The highest BCUT2D eigenvalue weighted by Crippen LogP contribution is 2.35. The van der Waals surface area contributed by atoms with Crippen molar-refractivity contribution < 1.29 is 4.39 Å². The second-order valence-electron chi connectivity index (χ2n) is 5.93. The summed E-state index contributed by atoms with van der Waals surface area (Å²) < 4.78 is 13.5. The molecule has 1 N–H and O–H groups in total. The summed E-state index contributed by atoms with van der Waals surface area (Å²) in [6.45, 7) is 5.29. The Kier molecular flexibility index (Phi) is 3.82. The fourth-order valence-electron chi connectivity index (χ4n) is 2.77. The van der Waals surface area contributed by atoms with Gasteiger partial charge in [-0.1, -0.05) is 38.5 Å². The number of rotatable bonds is 3. The van der Waals surface area contributed by atoms with Crippen molar-refractivity contribution in [3.8, 4) is 0 Å². The lowest BCUT2D eigenvalue weighted by Gasteiger charge is -2.35. The van der Waals surface area contributed by atoms with Crippen LogP contribution in [0.15, 0.2) is 24.3 Å². The first-order chi connectivity index (χ1) is 8.07. The minimum Gasteiger partial charge on any atom is -0.310 e. The number of hydrogen-bond acceptors (Lipinski definition) is 1. The first kappa shape index (κ1) is 12.6. The summed E-state index contributed by atoms with van der Waals surface area (Å²) in [6.07, 6.45) is 5.01. The minimum atomic E-state index is -0.102. The van der Waals surface area contributed by atoms with E-state index in [1.807, 2.05) is 12.1 Å². The van der Waals surface area contributed by atoms with Crippen LogP contribution in [0.25, 0.3) is 0 Å². The third-order valence-electron chi connectivity index (χ3n) is 3.74. The Bertz CT molecular complexity index is 373. The Morgan fingerprint density at radius 3 is 2.82 bits per heavy atom. The van der Waals surface area contributed by atoms with E-state index in [0.29, 0.717) is 18.0 Å². The quantitative estimate of drug-likeness (QED) is 0.838. The van der Waals surface area contributed by atoms with Gasteiger partial charge in [0.05, 0.1) is 0 Å². The van der Waals surface area contributed by atoms with Gasteiger partial charge in [-0.05, 0) is 30.7 Å². The summed E-state index contributed by atoms with van der Waals surface area (Å²) in [5.41, 5.74) is 1.21. The SMILES string of the molecule is CC1(C)CCCC(NCc2ccccc2F)C1. The molecule has 2 heteroatoms. The van der Waals surface area contributed by atoms with Gasteiger partial charge in [-0.3, -0.25) is 0 Å². The summed E-state index contributed by atoms with van der Waals surface area (Å²) in [6, 6.07) is 7.56. The average Bonchev–Trinajstić information content (AvgIpc) is 2.27. The first-order valence-corrected chi connectivity index (χ1v) is 6.54. The van der Waals surface area contributed by atoms with E-state index in [4.69, 9.17) is 0 Å². The topological polar surface area (TPSA) is 12.0 Å². The summed E-state index contributed by atoms with van der Waals surface area (Å²) in [7, 11) is 0. The molecule has 2 rings (SSSR count). The largest absolute Gasteiger partial charge is 0.310 e. The molecule has 0 saturated heterocycles. The predicted octanol–water partition coefficient (Wildman–Crippen LogP) is 3.88. The molecule has 1 atom stereocenters.